The highest BCUT2D eigenvalue weighted by molar-refractivity contribution is 5.89. The molecule has 0 heterocycles. The first-order valence-corrected chi connectivity index (χ1v) is 6.45. The Hall–Kier alpha value is -1.81. The zero-order valence-electron chi connectivity index (χ0n) is 11.3. The first-order chi connectivity index (χ1) is 9.17. The molecule has 0 aromatic heterocycles. The normalized spacial score (nSPS) is 11.4. The van der Waals surface area contributed by atoms with Crippen molar-refractivity contribution in [3.8, 4) is 0 Å². The van der Waals surface area contributed by atoms with Crippen LogP contribution in [-0.2, 0) is 16.0 Å². The zero-order valence-corrected chi connectivity index (χ0v) is 11.3. The van der Waals surface area contributed by atoms with Crippen molar-refractivity contribution in [2.75, 3.05) is 13.7 Å². The molecule has 0 atom stereocenters. The molecule has 0 spiro atoms. The molecule has 0 aliphatic carbocycles. The number of aliphatic carboxylic acids is 1. The monoisotopic (exact) mass is 263 g/mol. The molecule has 0 saturated carbocycles. The van der Waals surface area contributed by atoms with Gasteiger partial charge >= 0.3 is 5.97 Å². The van der Waals surface area contributed by atoms with E-state index in [4.69, 9.17) is 15.6 Å². The van der Waals surface area contributed by atoms with Gasteiger partial charge in [0.05, 0.1) is 7.11 Å². The Balaban J connectivity index is 2.68. The molecule has 0 amide bonds. The predicted octanol–water partition coefficient (Wildman–Crippen LogP) is 2.43. The van der Waals surface area contributed by atoms with E-state index in [0.717, 1.165) is 37.8 Å². The molecule has 0 aliphatic rings. The molecule has 0 saturated heterocycles. The van der Waals surface area contributed by atoms with Crippen LogP contribution in [0.5, 0.6) is 0 Å². The number of hydrogen-bond donors (Lipinski definition) is 2. The number of hydrogen-bond acceptors (Lipinski definition) is 3. The van der Waals surface area contributed by atoms with Gasteiger partial charge in [-0.3, -0.25) is 0 Å². The fourth-order valence-corrected chi connectivity index (χ4v) is 1.85. The number of carbonyl (C=O) groups is 1. The molecule has 1 rings (SSSR count). The topological polar surface area (TPSA) is 72.5 Å². The Morgan fingerprint density at radius 1 is 1.37 bits per heavy atom. The van der Waals surface area contributed by atoms with E-state index in [-0.39, 0.29) is 5.76 Å². The minimum Gasteiger partial charge on any atom is -0.490 e. The molecule has 4 nitrogen and oxygen atoms in total. The summed E-state index contributed by atoms with van der Waals surface area (Å²) in [5, 5.41) is 8.90. The molecular weight excluding hydrogens is 242 g/mol. The SMILES string of the molecule is COC(=Cc1cccc(CCCCCN)c1)C(=O)O. The molecule has 1 aromatic rings. The highest BCUT2D eigenvalue weighted by Crippen LogP contribution is 2.13. The van der Waals surface area contributed by atoms with Crippen LogP contribution in [0.15, 0.2) is 30.0 Å². The minimum absolute atomic E-state index is 0.0553. The van der Waals surface area contributed by atoms with Crippen molar-refractivity contribution in [1.29, 1.82) is 0 Å². The predicted molar refractivity (Wildman–Crippen MR) is 75.7 cm³/mol. The van der Waals surface area contributed by atoms with Gasteiger partial charge in [0.1, 0.15) is 0 Å². The third-order valence-corrected chi connectivity index (χ3v) is 2.85. The highest BCUT2D eigenvalue weighted by atomic mass is 16.5. The number of ether oxygens (including phenoxy) is 1. The van der Waals surface area contributed by atoms with Crippen molar-refractivity contribution in [2.24, 2.45) is 5.73 Å². The Morgan fingerprint density at radius 3 is 2.79 bits per heavy atom. The van der Waals surface area contributed by atoms with Gasteiger partial charge in [0.2, 0.25) is 5.76 Å². The van der Waals surface area contributed by atoms with Crippen LogP contribution < -0.4 is 5.73 Å². The Kier molecular flexibility index (Phi) is 6.68. The van der Waals surface area contributed by atoms with Crippen LogP contribution in [0.2, 0.25) is 0 Å². The van der Waals surface area contributed by atoms with Gasteiger partial charge in [-0.2, -0.15) is 0 Å². The molecule has 0 aliphatic heterocycles. The molecule has 0 radical (unpaired) electrons. The number of unbranched alkanes of at least 4 members (excludes halogenated alkanes) is 2. The van der Waals surface area contributed by atoms with Crippen LogP contribution in [0.25, 0.3) is 6.08 Å². The molecule has 104 valence electrons. The van der Waals surface area contributed by atoms with Gasteiger partial charge in [-0.05, 0) is 43.0 Å². The number of carboxylic acids is 1. The van der Waals surface area contributed by atoms with Gasteiger partial charge in [0.15, 0.2) is 0 Å². The molecule has 0 fully saturated rings. The second-order valence-electron chi connectivity index (χ2n) is 4.36. The van der Waals surface area contributed by atoms with Gasteiger partial charge in [-0.15, -0.1) is 0 Å². The molecule has 1 aromatic carbocycles. The summed E-state index contributed by atoms with van der Waals surface area (Å²) in [6.07, 6.45) is 5.78. The summed E-state index contributed by atoms with van der Waals surface area (Å²) in [4.78, 5) is 10.9. The Morgan fingerprint density at radius 2 is 2.16 bits per heavy atom. The number of carboxylic acid groups (broad SMARTS) is 1. The maximum absolute atomic E-state index is 10.9. The van der Waals surface area contributed by atoms with E-state index in [2.05, 4.69) is 0 Å². The zero-order chi connectivity index (χ0) is 14.1. The molecule has 0 unspecified atom stereocenters. The van der Waals surface area contributed by atoms with Crippen molar-refractivity contribution in [2.45, 2.75) is 25.7 Å². The Labute approximate surface area is 113 Å². The maximum Gasteiger partial charge on any atom is 0.371 e. The number of aryl methyl sites for hydroxylation is 1. The van der Waals surface area contributed by atoms with Crippen molar-refractivity contribution in [1.82, 2.24) is 0 Å². The maximum atomic E-state index is 10.9. The number of rotatable bonds is 8. The van der Waals surface area contributed by atoms with Crippen LogP contribution in [0.4, 0.5) is 0 Å². The molecule has 4 heteroatoms. The fraction of sp³-hybridized carbons (Fsp3) is 0.400. The van der Waals surface area contributed by atoms with Gasteiger partial charge in [-0.1, -0.05) is 30.7 Å². The van der Waals surface area contributed by atoms with Crippen LogP contribution in [0.3, 0.4) is 0 Å². The van der Waals surface area contributed by atoms with Crippen LogP contribution in [0, 0.1) is 0 Å². The van der Waals surface area contributed by atoms with Gasteiger partial charge in [0, 0.05) is 0 Å². The summed E-state index contributed by atoms with van der Waals surface area (Å²) in [5.41, 5.74) is 7.50. The lowest BCUT2D eigenvalue weighted by molar-refractivity contribution is -0.135. The largest absolute Gasteiger partial charge is 0.490 e. The summed E-state index contributed by atoms with van der Waals surface area (Å²) in [7, 11) is 1.36. The second-order valence-corrected chi connectivity index (χ2v) is 4.36. The summed E-state index contributed by atoms with van der Waals surface area (Å²) in [6, 6.07) is 7.84. The fourth-order valence-electron chi connectivity index (χ4n) is 1.85. The van der Waals surface area contributed by atoms with E-state index in [0.29, 0.717) is 0 Å². The third kappa shape index (κ3) is 5.57. The van der Waals surface area contributed by atoms with Gasteiger partial charge < -0.3 is 15.6 Å². The van der Waals surface area contributed by atoms with E-state index in [1.807, 2.05) is 24.3 Å². The van der Waals surface area contributed by atoms with Crippen LogP contribution >= 0.6 is 0 Å². The number of nitrogens with two attached hydrogens (primary N) is 1. The van der Waals surface area contributed by atoms with Crippen LogP contribution in [-0.4, -0.2) is 24.7 Å². The lowest BCUT2D eigenvalue weighted by Crippen LogP contribution is -2.02. The quantitative estimate of drug-likeness (QED) is 0.429. The number of benzene rings is 1. The van der Waals surface area contributed by atoms with Crippen molar-refractivity contribution < 1.29 is 14.6 Å². The second kappa shape index (κ2) is 8.32. The summed E-state index contributed by atoms with van der Waals surface area (Å²) in [6.45, 7) is 0.735. The van der Waals surface area contributed by atoms with Crippen molar-refractivity contribution in [3.63, 3.8) is 0 Å². The van der Waals surface area contributed by atoms with Crippen molar-refractivity contribution in [3.05, 3.63) is 41.2 Å². The van der Waals surface area contributed by atoms with E-state index >= 15 is 0 Å². The molecule has 19 heavy (non-hydrogen) atoms. The lowest BCUT2D eigenvalue weighted by atomic mass is 10.0. The summed E-state index contributed by atoms with van der Waals surface area (Å²) >= 11 is 0. The number of methoxy groups -OCH3 is 1. The average Bonchev–Trinajstić information content (AvgIpc) is 2.41. The Bertz CT molecular complexity index is 441. The van der Waals surface area contributed by atoms with Crippen molar-refractivity contribution >= 4 is 12.0 Å². The third-order valence-electron chi connectivity index (χ3n) is 2.85. The van der Waals surface area contributed by atoms with E-state index < -0.39 is 5.97 Å². The lowest BCUT2D eigenvalue weighted by Gasteiger charge is -2.04. The van der Waals surface area contributed by atoms with E-state index in [9.17, 15) is 4.79 Å². The molecule has 0 bridgehead atoms. The standard InChI is InChI=1S/C15H21NO3/c1-19-14(15(17)18)11-13-8-5-7-12(10-13)6-3-2-4-9-16/h5,7-8,10-11H,2-4,6,9,16H2,1H3,(H,17,18). The van der Waals surface area contributed by atoms with Crippen LogP contribution in [0.1, 0.15) is 30.4 Å². The minimum atomic E-state index is -1.06. The summed E-state index contributed by atoms with van der Waals surface area (Å²) in [5.74, 6) is -1.11. The highest BCUT2D eigenvalue weighted by Gasteiger charge is 2.06. The van der Waals surface area contributed by atoms with Gasteiger partial charge in [0.25, 0.3) is 0 Å². The first kappa shape index (κ1) is 15.2. The molecular formula is C15H21NO3. The molecule has 3 N–H and O–H groups in total. The van der Waals surface area contributed by atoms with E-state index in [1.165, 1.54) is 18.7 Å². The van der Waals surface area contributed by atoms with Gasteiger partial charge in [-0.25, -0.2) is 4.79 Å². The summed E-state index contributed by atoms with van der Waals surface area (Å²) < 4.78 is 4.82. The smallest absolute Gasteiger partial charge is 0.371 e. The van der Waals surface area contributed by atoms with E-state index in [1.54, 1.807) is 0 Å². The average molecular weight is 263 g/mol. The first-order valence-electron chi connectivity index (χ1n) is 6.45.